The van der Waals surface area contributed by atoms with Crippen molar-refractivity contribution in [2.75, 3.05) is 18.6 Å². The summed E-state index contributed by atoms with van der Waals surface area (Å²) >= 11 is 5.61. The molecule has 2 aromatic carbocycles. The Labute approximate surface area is 176 Å². The fraction of sp³-hybridized carbons (Fsp3) is 0.238. The van der Waals surface area contributed by atoms with Gasteiger partial charge in [0.1, 0.15) is 15.3 Å². The Morgan fingerprint density at radius 2 is 1.86 bits per heavy atom. The Morgan fingerprint density at radius 3 is 2.57 bits per heavy atom. The molecular weight excluding hydrogens is 410 g/mol. The smallest absolute Gasteiger partial charge is 0.265 e. The van der Waals surface area contributed by atoms with Crippen molar-refractivity contribution < 1.29 is 14.3 Å². The van der Waals surface area contributed by atoms with Crippen molar-refractivity contribution in [1.29, 1.82) is 0 Å². The highest BCUT2D eigenvalue weighted by molar-refractivity contribution is 7.80. The molecule has 4 nitrogen and oxygen atoms in total. The SMILES string of the molecule is COc1cccc2c1N(C(=O)COc1ccccc1)C(C)(C)c1ssc(=S)c1-2. The summed E-state index contributed by atoms with van der Waals surface area (Å²) in [4.78, 5) is 16.3. The standard InChI is InChI=1S/C21H19NO3S3/c1-21(2)19-17(20(26)28-27-19)14-10-7-11-15(24-3)18(14)22(21)16(23)12-25-13-8-5-4-6-9-13/h4-11H,12H2,1-3H3. The number of amides is 1. The Kier molecular flexibility index (Phi) is 4.99. The van der Waals surface area contributed by atoms with Gasteiger partial charge >= 0.3 is 0 Å². The molecule has 1 aliphatic rings. The number of carbonyl (C=O) groups is 1. The van der Waals surface area contributed by atoms with E-state index in [-0.39, 0.29) is 12.5 Å². The van der Waals surface area contributed by atoms with Gasteiger partial charge in [-0.05, 0) is 32.0 Å². The van der Waals surface area contributed by atoms with Crippen LogP contribution in [-0.2, 0) is 10.3 Å². The quantitative estimate of drug-likeness (QED) is 0.384. The van der Waals surface area contributed by atoms with E-state index in [2.05, 4.69) is 0 Å². The zero-order valence-electron chi connectivity index (χ0n) is 15.7. The summed E-state index contributed by atoms with van der Waals surface area (Å²) in [5.74, 6) is 1.18. The van der Waals surface area contributed by atoms with E-state index in [9.17, 15) is 4.79 Å². The third-order valence-corrected chi connectivity index (χ3v) is 8.14. The molecule has 0 aliphatic carbocycles. The van der Waals surface area contributed by atoms with Crippen molar-refractivity contribution in [2.24, 2.45) is 0 Å². The number of ether oxygens (including phenoxy) is 2. The van der Waals surface area contributed by atoms with Gasteiger partial charge in [0, 0.05) is 11.1 Å². The number of rotatable bonds is 4. The summed E-state index contributed by atoms with van der Waals surface area (Å²) in [7, 11) is 4.82. The highest BCUT2D eigenvalue weighted by atomic mass is 32.9. The van der Waals surface area contributed by atoms with E-state index < -0.39 is 5.54 Å². The highest BCUT2D eigenvalue weighted by Gasteiger charge is 2.44. The molecule has 3 aromatic rings. The van der Waals surface area contributed by atoms with E-state index in [0.29, 0.717) is 11.5 Å². The van der Waals surface area contributed by atoms with Crippen LogP contribution in [0.5, 0.6) is 11.5 Å². The number of benzene rings is 2. The molecular formula is C21H19NO3S3. The number of nitrogens with zero attached hydrogens (tertiary/aromatic N) is 1. The topological polar surface area (TPSA) is 38.8 Å². The normalized spacial score (nSPS) is 14.2. The lowest BCUT2D eigenvalue weighted by Gasteiger charge is -2.43. The first-order valence-electron chi connectivity index (χ1n) is 8.77. The van der Waals surface area contributed by atoms with Crippen LogP contribution >= 0.6 is 32.9 Å². The van der Waals surface area contributed by atoms with Crippen LogP contribution < -0.4 is 14.4 Å². The predicted molar refractivity (Wildman–Crippen MR) is 117 cm³/mol. The zero-order chi connectivity index (χ0) is 19.9. The average Bonchev–Trinajstić information content (AvgIpc) is 3.09. The molecule has 7 heteroatoms. The van der Waals surface area contributed by atoms with Crippen molar-refractivity contribution in [3.63, 3.8) is 0 Å². The highest BCUT2D eigenvalue weighted by Crippen LogP contribution is 2.54. The first-order valence-corrected chi connectivity index (χ1v) is 11.3. The Morgan fingerprint density at radius 1 is 1.11 bits per heavy atom. The number of hydrogen-bond donors (Lipinski definition) is 0. The van der Waals surface area contributed by atoms with Crippen molar-refractivity contribution in [3.8, 4) is 22.6 Å². The molecule has 0 unspecified atom stereocenters. The van der Waals surface area contributed by atoms with E-state index in [1.807, 2.05) is 62.4 Å². The molecule has 4 rings (SSSR count). The molecule has 1 aliphatic heterocycles. The van der Waals surface area contributed by atoms with Crippen LogP contribution in [0.15, 0.2) is 48.5 Å². The van der Waals surface area contributed by atoms with E-state index in [0.717, 1.165) is 25.5 Å². The largest absolute Gasteiger partial charge is 0.495 e. The van der Waals surface area contributed by atoms with Gasteiger partial charge in [0.05, 0.1) is 23.2 Å². The number of methoxy groups -OCH3 is 1. The van der Waals surface area contributed by atoms with Crippen molar-refractivity contribution in [1.82, 2.24) is 0 Å². The lowest BCUT2D eigenvalue weighted by molar-refractivity contribution is -0.121. The van der Waals surface area contributed by atoms with E-state index >= 15 is 0 Å². The maximum atomic E-state index is 13.4. The monoisotopic (exact) mass is 429 g/mol. The third kappa shape index (κ3) is 3.03. The van der Waals surface area contributed by atoms with Crippen LogP contribution in [0.1, 0.15) is 18.7 Å². The van der Waals surface area contributed by atoms with Crippen LogP contribution in [0.4, 0.5) is 5.69 Å². The number of fused-ring (bicyclic) bond motifs is 3. The Bertz CT molecular complexity index is 1090. The van der Waals surface area contributed by atoms with Gasteiger partial charge in [-0.1, -0.05) is 63.2 Å². The fourth-order valence-electron chi connectivity index (χ4n) is 3.56. The third-order valence-electron chi connectivity index (χ3n) is 4.81. The fourth-order valence-corrected chi connectivity index (χ4v) is 6.84. The molecule has 2 heterocycles. The lowest BCUT2D eigenvalue weighted by atomic mass is 9.87. The second-order valence-corrected chi connectivity index (χ2v) is 9.72. The van der Waals surface area contributed by atoms with Gasteiger partial charge < -0.3 is 9.47 Å². The van der Waals surface area contributed by atoms with Gasteiger partial charge in [0.25, 0.3) is 5.91 Å². The first kappa shape index (κ1) is 19.1. The second-order valence-electron chi connectivity index (χ2n) is 6.90. The molecule has 0 saturated heterocycles. The molecule has 0 atom stereocenters. The lowest BCUT2D eigenvalue weighted by Crippen LogP contribution is -2.49. The van der Waals surface area contributed by atoms with Gasteiger partial charge in [-0.2, -0.15) is 0 Å². The van der Waals surface area contributed by atoms with Crippen molar-refractivity contribution in [3.05, 3.63) is 57.2 Å². The molecule has 0 spiro atoms. The van der Waals surface area contributed by atoms with Crippen LogP contribution in [0.3, 0.4) is 0 Å². The Hall–Kier alpha value is -2.22. The van der Waals surface area contributed by atoms with Crippen molar-refractivity contribution in [2.45, 2.75) is 19.4 Å². The number of hydrogen-bond acceptors (Lipinski definition) is 6. The van der Waals surface area contributed by atoms with Crippen LogP contribution in [0.25, 0.3) is 11.1 Å². The Balaban J connectivity index is 1.81. The first-order chi connectivity index (χ1) is 13.4. The molecule has 0 N–H and O–H groups in total. The van der Waals surface area contributed by atoms with Crippen molar-refractivity contribution >= 4 is 44.5 Å². The minimum Gasteiger partial charge on any atom is -0.495 e. The van der Waals surface area contributed by atoms with Crippen LogP contribution in [-0.4, -0.2) is 19.6 Å². The molecule has 28 heavy (non-hydrogen) atoms. The minimum atomic E-state index is -0.563. The van der Waals surface area contributed by atoms with Crippen LogP contribution in [0.2, 0.25) is 0 Å². The number of para-hydroxylation sites is 2. The summed E-state index contributed by atoms with van der Waals surface area (Å²) in [6.07, 6.45) is 0. The second kappa shape index (κ2) is 7.31. The van der Waals surface area contributed by atoms with Gasteiger partial charge in [-0.15, -0.1) is 0 Å². The molecule has 0 saturated carbocycles. The summed E-state index contributed by atoms with van der Waals surface area (Å²) in [5.41, 5.74) is 2.16. The van der Waals surface area contributed by atoms with E-state index in [1.165, 1.54) is 0 Å². The summed E-state index contributed by atoms with van der Waals surface area (Å²) < 4.78 is 12.2. The molecule has 1 amide bonds. The molecule has 1 aromatic heterocycles. The molecule has 144 valence electrons. The van der Waals surface area contributed by atoms with Gasteiger partial charge in [0.2, 0.25) is 0 Å². The average molecular weight is 430 g/mol. The van der Waals surface area contributed by atoms with E-state index in [1.54, 1.807) is 32.7 Å². The summed E-state index contributed by atoms with van der Waals surface area (Å²) in [6, 6.07) is 15.2. The summed E-state index contributed by atoms with van der Waals surface area (Å²) in [5, 5.41) is 0. The summed E-state index contributed by atoms with van der Waals surface area (Å²) in [6.45, 7) is 4.02. The molecule has 0 fully saturated rings. The number of carbonyl (C=O) groups excluding carboxylic acids is 1. The molecule has 0 bridgehead atoms. The van der Waals surface area contributed by atoms with Gasteiger partial charge in [-0.25, -0.2) is 0 Å². The van der Waals surface area contributed by atoms with E-state index in [4.69, 9.17) is 21.7 Å². The maximum Gasteiger partial charge on any atom is 0.265 e. The predicted octanol–water partition coefficient (Wildman–Crippen LogP) is 5.88. The maximum absolute atomic E-state index is 13.4. The molecule has 0 radical (unpaired) electrons. The minimum absolute atomic E-state index is 0.0597. The van der Waals surface area contributed by atoms with Crippen LogP contribution in [0, 0.1) is 3.82 Å². The number of anilines is 1. The zero-order valence-corrected chi connectivity index (χ0v) is 18.2. The van der Waals surface area contributed by atoms with Gasteiger partial charge in [0.15, 0.2) is 6.61 Å². The van der Waals surface area contributed by atoms with Gasteiger partial charge in [-0.3, -0.25) is 9.69 Å².